The van der Waals surface area contributed by atoms with Crippen LogP contribution in [0.1, 0.15) is 91.0 Å². The quantitative estimate of drug-likeness (QED) is 0.118. The van der Waals surface area contributed by atoms with E-state index in [1.165, 1.54) is 12.1 Å². The summed E-state index contributed by atoms with van der Waals surface area (Å²) in [5.74, 6) is -2.60. The fraction of sp³-hybridized carbons (Fsp3) is 0.467. The highest BCUT2D eigenvalue weighted by Crippen LogP contribution is 2.52. The normalized spacial score (nSPS) is 24.0. The van der Waals surface area contributed by atoms with E-state index in [-0.39, 0.29) is 47.5 Å². The fourth-order valence-electron chi connectivity index (χ4n) is 10.1. The number of halogens is 1. The number of aromatic hydroxyl groups is 1. The van der Waals surface area contributed by atoms with Gasteiger partial charge in [-0.1, -0.05) is 125 Å². The molecule has 0 bridgehead atoms. The summed E-state index contributed by atoms with van der Waals surface area (Å²) in [5, 5.41) is 23.1. The summed E-state index contributed by atoms with van der Waals surface area (Å²) in [7, 11) is -4.05. The lowest BCUT2D eigenvalue weighted by molar-refractivity contribution is -0.143. The standard InChI is InChI=1S/C45H55BFNO6Si/c1-5-30(25-31-21-23-39(49)38(47)26-31)22-24-40-41-32(29-53-55(45(2,3)4,34-17-11-7-12-18-34)35-19-13-8-14-20-35)27-36-42(37(41)28-46(52)54-40)44(51)48(43(36)50)33-15-9-6-10-16-33/h7-8,11-14,17-21,23,25-26,33,36-37,40,42,49,52H,5-6,9-10,15-16,22,24,27-29H2,1-4H3/b30-25+/t36-,37+,40-,42-/m1/s1. The number of hydrogen-bond donors (Lipinski definition) is 2. The minimum atomic E-state index is -2.97. The average molecular weight is 764 g/mol. The molecule has 10 heteroatoms. The number of benzene rings is 3. The number of fused-ring (bicyclic) bond motifs is 3. The number of amides is 2. The molecule has 4 atom stereocenters. The summed E-state index contributed by atoms with van der Waals surface area (Å²) >= 11 is 0. The van der Waals surface area contributed by atoms with Crippen LogP contribution in [0.15, 0.2) is 95.6 Å². The first-order valence-electron chi connectivity index (χ1n) is 20.3. The second-order valence-electron chi connectivity index (χ2n) is 17.0. The second-order valence-corrected chi connectivity index (χ2v) is 21.3. The Kier molecular flexibility index (Phi) is 11.7. The molecule has 2 aliphatic heterocycles. The molecule has 0 radical (unpaired) electrons. The maximum Gasteiger partial charge on any atom is 0.455 e. The van der Waals surface area contributed by atoms with Crippen molar-refractivity contribution in [1.29, 1.82) is 0 Å². The van der Waals surface area contributed by atoms with E-state index in [0.29, 0.717) is 24.8 Å². The highest BCUT2D eigenvalue weighted by Gasteiger charge is 2.59. The Balaban J connectivity index is 1.29. The maximum absolute atomic E-state index is 14.5. The van der Waals surface area contributed by atoms with E-state index in [2.05, 4.69) is 76.2 Å². The van der Waals surface area contributed by atoms with Crippen LogP contribution in [0.25, 0.3) is 6.08 Å². The van der Waals surface area contributed by atoms with Crippen molar-refractivity contribution in [3.63, 3.8) is 0 Å². The fourth-order valence-corrected chi connectivity index (χ4v) is 14.6. The number of allylic oxidation sites excluding steroid dienone is 1. The third kappa shape index (κ3) is 7.67. The van der Waals surface area contributed by atoms with Gasteiger partial charge in [0.15, 0.2) is 11.6 Å². The van der Waals surface area contributed by atoms with Crippen molar-refractivity contribution in [2.75, 3.05) is 6.61 Å². The van der Waals surface area contributed by atoms with Gasteiger partial charge in [-0.2, -0.15) is 0 Å². The van der Waals surface area contributed by atoms with Crippen LogP contribution in [0.4, 0.5) is 4.39 Å². The highest BCUT2D eigenvalue weighted by atomic mass is 28.4. The molecule has 2 amide bonds. The molecule has 1 saturated carbocycles. The van der Waals surface area contributed by atoms with Gasteiger partial charge in [-0.05, 0) is 95.0 Å². The van der Waals surface area contributed by atoms with Gasteiger partial charge < -0.3 is 19.2 Å². The Morgan fingerprint density at radius 2 is 1.62 bits per heavy atom. The molecular formula is C45H55BFNO6Si. The monoisotopic (exact) mass is 763 g/mol. The summed E-state index contributed by atoms with van der Waals surface area (Å²) < 4.78 is 28.2. The predicted octanol–water partition coefficient (Wildman–Crippen LogP) is 7.81. The van der Waals surface area contributed by atoms with Gasteiger partial charge in [0.25, 0.3) is 8.32 Å². The molecule has 2 heterocycles. The van der Waals surface area contributed by atoms with Gasteiger partial charge in [-0.3, -0.25) is 14.5 Å². The van der Waals surface area contributed by atoms with E-state index in [1.807, 2.05) is 18.2 Å². The van der Waals surface area contributed by atoms with Crippen molar-refractivity contribution in [2.24, 2.45) is 17.8 Å². The summed E-state index contributed by atoms with van der Waals surface area (Å²) in [6.45, 7) is 9.09. The molecule has 0 aromatic heterocycles. The Bertz CT molecular complexity index is 1880. The van der Waals surface area contributed by atoms with E-state index in [1.54, 1.807) is 11.0 Å². The summed E-state index contributed by atoms with van der Waals surface area (Å²) in [6, 6.07) is 25.3. The number of rotatable bonds is 11. The number of imide groups is 1. The van der Waals surface area contributed by atoms with Crippen LogP contribution in [0.2, 0.25) is 11.4 Å². The van der Waals surface area contributed by atoms with Gasteiger partial charge >= 0.3 is 7.12 Å². The highest BCUT2D eigenvalue weighted by molar-refractivity contribution is 6.99. The van der Waals surface area contributed by atoms with Crippen LogP contribution in [0.3, 0.4) is 0 Å². The number of carbonyl (C=O) groups is 2. The Labute approximate surface area is 326 Å². The number of hydrogen-bond acceptors (Lipinski definition) is 6. The third-order valence-corrected chi connectivity index (χ3v) is 17.7. The largest absolute Gasteiger partial charge is 0.505 e. The summed E-state index contributed by atoms with van der Waals surface area (Å²) in [6.07, 6.45) is 8.83. The van der Waals surface area contributed by atoms with Crippen LogP contribution >= 0.6 is 0 Å². The van der Waals surface area contributed by atoms with E-state index >= 15 is 0 Å². The molecule has 55 heavy (non-hydrogen) atoms. The molecule has 3 aromatic carbocycles. The SMILES string of the molecule is CC/C(=C\c1ccc(O)c(F)c1)CC[C@H]1OB(O)C[C@H]2C1=C(CO[Si](c1ccccc1)(c1ccccc1)C(C)(C)C)C[C@H]1C(=O)N(C3CCCCC3)C(=O)[C@H]12. The first-order chi connectivity index (χ1) is 26.4. The van der Waals surface area contributed by atoms with Gasteiger partial charge in [0.1, 0.15) is 0 Å². The van der Waals surface area contributed by atoms with Crippen LogP contribution < -0.4 is 10.4 Å². The van der Waals surface area contributed by atoms with Crippen LogP contribution in [0.5, 0.6) is 5.75 Å². The van der Waals surface area contributed by atoms with E-state index in [4.69, 9.17) is 9.08 Å². The minimum absolute atomic E-state index is 0.0674. The number of phenolic OH excluding ortho intramolecular Hbond substituents is 1. The van der Waals surface area contributed by atoms with E-state index in [9.17, 15) is 24.1 Å². The van der Waals surface area contributed by atoms with Crippen molar-refractivity contribution < 1.29 is 33.2 Å². The van der Waals surface area contributed by atoms with Crippen molar-refractivity contribution in [1.82, 2.24) is 4.90 Å². The lowest BCUT2D eigenvalue weighted by Gasteiger charge is -2.46. The molecule has 0 unspecified atom stereocenters. The Morgan fingerprint density at radius 3 is 2.22 bits per heavy atom. The van der Waals surface area contributed by atoms with Gasteiger partial charge in [0.2, 0.25) is 11.8 Å². The summed E-state index contributed by atoms with van der Waals surface area (Å²) in [5.41, 5.74) is 3.74. The third-order valence-electron chi connectivity index (χ3n) is 12.7. The lowest BCUT2D eigenvalue weighted by Crippen LogP contribution is -2.66. The van der Waals surface area contributed by atoms with E-state index in [0.717, 1.165) is 65.6 Å². The molecule has 7 rings (SSSR count). The van der Waals surface area contributed by atoms with Gasteiger partial charge in [-0.25, -0.2) is 4.39 Å². The van der Waals surface area contributed by atoms with Crippen LogP contribution in [-0.2, 0) is 18.7 Å². The van der Waals surface area contributed by atoms with Gasteiger partial charge in [0.05, 0.1) is 24.5 Å². The minimum Gasteiger partial charge on any atom is -0.505 e. The topological polar surface area (TPSA) is 96.3 Å². The predicted molar refractivity (Wildman–Crippen MR) is 218 cm³/mol. The molecular weight excluding hydrogens is 708 g/mol. The molecule has 4 aliphatic rings. The molecule has 3 fully saturated rings. The number of nitrogens with zero attached hydrogens (tertiary/aromatic N) is 1. The number of phenols is 1. The molecule has 0 spiro atoms. The van der Waals surface area contributed by atoms with Crippen LogP contribution in [0, 0.1) is 23.6 Å². The maximum atomic E-state index is 14.5. The van der Waals surface area contributed by atoms with Crippen molar-refractivity contribution >= 4 is 43.7 Å². The zero-order chi connectivity index (χ0) is 38.9. The van der Waals surface area contributed by atoms with Crippen molar-refractivity contribution in [2.45, 2.75) is 109 Å². The molecule has 3 aromatic rings. The van der Waals surface area contributed by atoms with Gasteiger partial charge in [-0.15, -0.1) is 0 Å². The zero-order valence-corrected chi connectivity index (χ0v) is 33.7. The number of likely N-dealkylation sites (tertiary alicyclic amines) is 1. The Morgan fingerprint density at radius 1 is 0.964 bits per heavy atom. The average Bonchev–Trinajstić information content (AvgIpc) is 3.43. The smallest absolute Gasteiger partial charge is 0.455 e. The zero-order valence-electron chi connectivity index (χ0n) is 32.7. The lowest BCUT2D eigenvalue weighted by atomic mass is 9.58. The number of carbonyl (C=O) groups excluding carboxylic acids is 2. The van der Waals surface area contributed by atoms with E-state index < -0.39 is 39.2 Å². The van der Waals surface area contributed by atoms with Crippen molar-refractivity contribution in [3.8, 4) is 5.75 Å². The first-order valence-corrected chi connectivity index (χ1v) is 22.2. The van der Waals surface area contributed by atoms with Crippen molar-refractivity contribution in [3.05, 3.63) is 107 Å². The Hall–Kier alpha value is -3.83. The van der Waals surface area contributed by atoms with Crippen LogP contribution in [-0.4, -0.2) is 61.0 Å². The molecule has 290 valence electrons. The first kappa shape index (κ1) is 39.4. The molecule has 2 saturated heterocycles. The van der Waals surface area contributed by atoms with Gasteiger partial charge in [0, 0.05) is 6.04 Å². The molecule has 2 aliphatic carbocycles. The second kappa shape index (κ2) is 16.3. The summed E-state index contributed by atoms with van der Waals surface area (Å²) in [4.78, 5) is 30.5. The molecule has 2 N–H and O–H groups in total. The molecule has 7 nitrogen and oxygen atoms in total.